The Labute approximate surface area is 184 Å². The van der Waals surface area contributed by atoms with E-state index in [9.17, 15) is 14.8 Å². The summed E-state index contributed by atoms with van der Waals surface area (Å²) in [4.78, 5) is 31.6. The number of aromatic nitrogens is 1. The Morgan fingerprint density at radius 3 is 2.78 bits per heavy atom. The van der Waals surface area contributed by atoms with E-state index < -0.39 is 16.8 Å². The van der Waals surface area contributed by atoms with Gasteiger partial charge in [-0.15, -0.1) is 0 Å². The van der Waals surface area contributed by atoms with Crippen LogP contribution in [0.5, 0.6) is 0 Å². The minimum atomic E-state index is -1.04. The zero-order chi connectivity index (χ0) is 22.6. The van der Waals surface area contributed by atoms with E-state index in [0.717, 1.165) is 22.2 Å². The minimum Gasteiger partial charge on any atom is -0.595 e. The zero-order valence-electron chi connectivity index (χ0n) is 17.7. The summed E-state index contributed by atoms with van der Waals surface area (Å²) in [5.41, 5.74) is 2.98. The summed E-state index contributed by atoms with van der Waals surface area (Å²) in [5, 5.41) is 25.8. The van der Waals surface area contributed by atoms with Crippen LogP contribution in [0.15, 0.2) is 53.6 Å². The van der Waals surface area contributed by atoms with Gasteiger partial charge in [0, 0.05) is 40.7 Å². The van der Waals surface area contributed by atoms with Crippen LogP contribution in [-0.2, 0) is 21.5 Å². The lowest BCUT2D eigenvalue weighted by Crippen LogP contribution is -2.99. The van der Waals surface area contributed by atoms with Gasteiger partial charge in [0.2, 0.25) is 5.91 Å². The van der Waals surface area contributed by atoms with Crippen molar-refractivity contribution in [3.05, 3.63) is 70.6 Å². The first-order valence-electron chi connectivity index (χ1n) is 10.4. The van der Waals surface area contributed by atoms with Gasteiger partial charge in [-0.3, -0.25) is 9.59 Å². The average Bonchev–Trinajstić information content (AvgIpc) is 3.15. The van der Waals surface area contributed by atoms with Crippen LogP contribution in [0.25, 0.3) is 10.9 Å². The number of aromatic amines is 1. The molecule has 5 rings (SSSR count). The first kappa shape index (κ1) is 20.4. The summed E-state index contributed by atoms with van der Waals surface area (Å²) >= 11 is 0. The number of H-pyrrole nitrogens is 1. The van der Waals surface area contributed by atoms with E-state index in [1.165, 1.54) is 23.4 Å². The van der Waals surface area contributed by atoms with Crippen molar-refractivity contribution in [3.8, 4) is 0 Å². The molecule has 2 unspecified atom stereocenters. The highest BCUT2D eigenvalue weighted by molar-refractivity contribution is 5.98. The lowest BCUT2D eigenvalue weighted by atomic mass is 9.82. The molecule has 2 aromatic carbocycles. The molecule has 0 saturated carbocycles. The van der Waals surface area contributed by atoms with Crippen molar-refractivity contribution in [1.82, 2.24) is 14.9 Å². The number of carbonyl (C=O) groups excluding carboxylic acids is 2. The van der Waals surface area contributed by atoms with Crippen LogP contribution in [0.4, 0.5) is 5.69 Å². The number of amides is 2. The molecule has 3 aromatic rings. The topological polar surface area (TPSA) is 116 Å². The normalized spacial score (nSPS) is 21.2. The summed E-state index contributed by atoms with van der Waals surface area (Å²) in [7, 11) is 0. The Morgan fingerprint density at radius 1 is 1.22 bits per heavy atom. The maximum absolute atomic E-state index is 13.4. The number of quaternary nitrogens is 1. The van der Waals surface area contributed by atoms with Crippen LogP contribution < -0.4 is 5.23 Å². The highest BCUT2D eigenvalue weighted by Crippen LogP contribution is 2.42. The number of para-hydroxylation sites is 1. The Morgan fingerprint density at radius 2 is 2.00 bits per heavy atom. The van der Waals surface area contributed by atoms with Crippen LogP contribution in [0, 0.1) is 5.21 Å². The quantitative estimate of drug-likeness (QED) is 0.428. The van der Waals surface area contributed by atoms with Gasteiger partial charge in [-0.05, 0) is 25.5 Å². The predicted molar refractivity (Wildman–Crippen MR) is 117 cm³/mol. The van der Waals surface area contributed by atoms with Gasteiger partial charge in [0.25, 0.3) is 5.91 Å². The fourth-order valence-corrected chi connectivity index (χ4v) is 4.85. The second kappa shape index (κ2) is 7.27. The van der Waals surface area contributed by atoms with E-state index in [1.807, 2.05) is 38.1 Å². The number of fused-ring (bicyclic) bond motifs is 4. The lowest BCUT2D eigenvalue weighted by Gasteiger charge is -2.50. The summed E-state index contributed by atoms with van der Waals surface area (Å²) in [6.45, 7) is 3.74. The molecule has 2 amide bonds. The minimum absolute atomic E-state index is 0.127. The van der Waals surface area contributed by atoms with Crippen molar-refractivity contribution in [2.45, 2.75) is 31.8 Å². The van der Waals surface area contributed by atoms with Gasteiger partial charge in [-0.25, -0.2) is 10.2 Å². The highest BCUT2D eigenvalue weighted by Gasteiger charge is 2.51. The first-order valence-corrected chi connectivity index (χ1v) is 10.4. The molecule has 2 aliphatic heterocycles. The molecule has 9 heteroatoms. The molecule has 32 heavy (non-hydrogen) atoms. The summed E-state index contributed by atoms with van der Waals surface area (Å²) in [6.07, 6.45) is 1.83. The molecule has 3 N–H and O–H groups in total. The third-order valence-corrected chi connectivity index (χ3v) is 6.31. The predicted octanol–water partition coefficient (Wildman–Crippen LogP) is 1.44. The first-order chi connectivity index (χ1) is 15.3. The van der Waals surface area contributed by atoms with Gasteiger partial charge >= 0.3 is 0 Å². The van der Waals surface area contributed by atoms with E-state index in [4.69, 9.17) is 5.21 Å². The number of nitrogens with zero attached hydrogens (tertiary/aromatic N) is 3. The number of hydrogen-bond acceptors (Lipinski definition) is 5. The number of nitrogens with one attached hydrogen (secondary N) is 2. The molecule has 1 aromatic heterocycles. The fraction of sp³-hybridized carbons (Fsp3) is 0.261. The third kappa shape index (κ3) is 3.10. The van der Waals surface area contributed by atoms with Crippen molar-refractivity contribution in [3.63, 3.8) is 0 Å². The fourth-order valence-electron chi connectivity index (χ4n) is 4.85. The molecule has 9 nitrogen and oxygen atoms in total. The van der Waals surface area contributed by atoms with Gasteiger partial charge in [0.1, 0.15) is 12.6 Å². The summed E-state index contributed by atoms with van der Waals surface area (Å²) in [6, 6.07) is 13.5. The van der Waals surface area contributed by atoms with Gasteiger partial charge in [-0.1, -0.05) is 30.3 Å². The average molecular weight is 433 g/mol. The summed E-state index contributed by atoms with van der Waals surface area (Å²) < 4.78 is 0. The van der Waals surface area contributed by atoms with E-state index >= 15 is 0 Å². The monoisotopic (exact) mass is 433 g/mol. The zero-order valence-corrected chi connectivity index (χ0v) is 17.7. The Balaban J connectivity index is 1.48. The van der Waals surface area contributed by atoms with E-state index in [1.54, 1.807) is 17.0 Å². The molecular formula is C23H23N5O4. The molecule has 1 fully saturated rings. The van der Waals surface area contributed by atoms with Gasteiger partial charge in [0.15, 0.2) is 5.69 Å². The maximum atomic E-state index is 13.4. The molecular weight excluding hydrogens is 410 g/mol. The number of hydrazone groups is 1. The molecule has 3 heterocycles. The Bertz CT molecular complexity index is 1260. The van der Waals surface area contributed by atoms with E-state index in [-0.39, 0.29) is 24.0 Å². The van der Waals surface area contributed by atoms with E-state index in [2.05, 4.69) is 10.1 Å². The van der Waals surface area contributed by atoms with Crippen molar-refractivity contribution in [2.75, 3.05) is 6.54 Å². The number of benzene rings is 2. The molecule has 2 atom stereocenters. The van der Waals surface area contributed by atoms with Crippen LogP contribution in [0.1, 0.15) is 30.7 Å². The molecule has 0 radical (unpaired) electrons. The molecule has 1 saturated heterocycles. The van der Waals surface area contributed by atoms with Crippen molar-refractivity contribution >= 4 is 34.6 Å². The van der Waals surface area contributed by atoms with Crippen LogP contribution in [0.3, 0.4) is 0 Å². The molecule has 0 aliphatic carbocycles. The maximum Gasteiger partial charge on any atom is 0.266 e. The highest BCUT2D eigenvalue weighted by atomic mass is 16.8. The van der Waals surface area contributed by atoms with E-state index in [0.29, 0.717) is 12.0 Å². The van der Waals surface area contributed by atoms with Crippen molar-refractivity contribution in [2.24, 2.45) is 5.10 Å². The molecule has 2 aliphatic rings. The van der Waals surface area contributed by atoms with Gasteiger partial charge in [0.05, 0.1) is 11.8 Å². The largest absolute Gasteiger partial charge is 0.595 e. The van der Waals surface area contributed by atoms with Crippen LogP contribution in [-0.4, -0.2) is 50.7 Å². The number of carbonyl (C=O) groups is 2. The second-order valence-electron chi connectivity index (χ2n) is 8.64. The standard InChI is InChI=1S/C23H23N5O4/c1-23(2)21-17(16-8-3-4-9-18(16)25-21)11-19-22(30)26(13-20(29)27(19)23)24-12-14-6-5-7-15(10-14)28(31)32/h3-10,12,19,25,28,31H,11,13H2,1-2H3. The second-order valence-corrected chi connectivity index (χ2v) is 8.64. The number of hydrogen-bond donors (Lipinski definition) is 3. The molecule has 0 spiro atoms. The molecule has 0 bridgehead atoms. The summed E-state index contributed by atoms with van der Waals surface area (Å²) in [5.74, 6) is -0.431. The third-order valence-electron chi connectivity index (χ3n) is 6.31. The smallest absolute Gasteiger partial charge is 0.266 e. The molecule has 164 valence electrons. The SMILES string of the molecule is CC1(C)c2[nH]c3ccccc3c2CC2C(=O)N(N=Cc3cccc([NH+]([O-])O)c3)CC(=O)N21. The number of piperazine rings is 1. The van der Waals surface area contributed by atoms with Gasteiger partial charge < -0.3 is 15.1 Å². The van der Waals surface area contributed by atoms with Crippen molar-refractivity contribution < 1.29 is 20.0 Å². The Kier molecular flexibility index (Phi) is 4.63. The van der Waals surface area contributed by atoms with Crippen molar-refractivity contribution in [1.29, 1.82) is 0 Å². The Hall–Kier alpha value is -3.53. The number of rotatable bonds is 3. The van der Waals surface area contributed by atoms with Gasteiger partial charge in [-0.2, -0.15) is 10.3 Å². The van der Waals surface area contributed by atoms with Crippen LogP contribution in [0.2, 0.25) is 0 Å². The van der Waals surface area contributed by atoms with Crippen LogP contribution >= 0.6 is 0 Å². The lowest BCUT2D eigenvalue weighted by molar-refractivity contribution is -0.991.